The van der Waals surface area contributed by atoms with Crippen molar-refractivity contribution >= 4 is 54.4 Å². The molecule has 2 heterocycles. The van der Waals surface area contributed by atoms with Crippen molar-refractivity contribution in [3.63, 3.8) is 0 Å². The molecule has 2 aliphatic rings. The quantitative estimate of drug-likeness (QED) is 0.343. The predicted octanol–water partition coefficient (Wildman–Crippen LogP) is 4.85. The fourth-order valence-electron chi connectivity index (χ4n) is 5.38. The van der Waals surface area contributed by atoms with E-state index in [4.69, 9.17) is 0 Å². The van der Waals surface area contributed by atoms with Crippen LogP contribution in [0.15, 0.2) is 82.2 Å². The molecule has 2 amide bonds. The second kappa shape index (κ2) is 7.90. The smallest absolute Gasteiger partial charge is 0.268 e. The predicted molar refractivity (Wildman–Crippen MR) is 137 cm³/mol. The molecule has 1 aliphatic carbocycles. The number of hydrogen-bond acceptors (Lipinski definition) is 4. The van der Waals surface area contributed by atoms with Gasteiger partial charge in [0, 0.05) is 22.0 Å². The molecule has 0 radical (unpaired) electrons. The number of para-hydroxylation sites is 1. The van der Waals surface area contributed by atoms with Crippen molar-refractivity contribution in [3.8, 4) is 0 Å². The third kappa shape index (κ3) is 3.31. The lowest BCUT2D eigenvalue weighted by Gasteiger charge is -2.23. The molecule has 6 rings (SSSR count). The van der Waals surface area contributed by atoms with Crippen LogP contribution < -0.4 is 4.90 Å². The van der Waals surface area contributed by atoms with Gasteiger partial charge >= 0.3 is 0 Å². The third-order valence-corrected chi connectivity index (χ3v) is 9.33. The second-order valence-electron chi connectivity index (χ2n) is 9.14. The molecule has 2 unspecified atom stereocenters. The lowest BCUT2D eigenvalue weighted by molar-refractivity contribution is -0.122. The maximum atomic E-state index is 13.9. The number of aromatic nitrogens is 1. The van der Waals surface area contributed by atoms with Crippen LogP contribution >= 0.6 is 15.9 Å². The molecular formula is C27H21BrN2O4S. The number of benzene rings is 3. The summed E-state index contributed by atoms with van der Waals surface area (Å²) in [6.07, 6.45) is 0.503. The van der Waals surface area contributed by atoms with Gasteiger partial charge in [-0.15, -0.1) is 0 Å². The molecule has 0 N–H and O–H groups in total. The van der Waals surface area contributed by atoms with Crippen molar-refractivity contribution in [1.82, 2.24) is 3.97 Å². The summed E-state index contributed by atoms with van der Waals surface area (Å²) in [4.78, 5) is 28.3. The normalized spacial score (nSPS) is 19.8. The van der Waals surface area contributed by atoms with Crippen molar-refractivity contribution in [1.29, 1.82) is 0 Å². The van der Waals surface area contributed by atoms with Crippen molar-refractivity contribution < 1.29 is 18.0 Å². The number of carbonyl (C=O) groups excluding carboxylic acids is 2. The SMILES string of the molecule is Cc1ccc(S(=O)(=O)n2c3c(c4cc(Br)ccc42)CC2C(=O)N(c4ccccc4)C(=O)C2C3)cc1. The first-order valence-electron chi connectivity index (χ1n) is 11.3. The van der Waals surface area contributed by atoms with Crippen LogP contribution in [0.2, 0.25) is 0 Å². The van der Waals surface area contributed by atoms with Crippen molar-refractivity contribution in [2.24, 2.45) is 11.8 Å². The number of aryl methyl sites for hydroxylation is 1. The third-order valence-electron chi connectivity index (χ3n) is 7.07. The minimum absolute atomic E-state index is 0.186. The molecule has 4 aromatic rings. The van der Waals surface area contributed by atoms with Gasteiger partial charge in [-0.1, -0.05) is 51.8 Å². The number of amides is 2. The first kappa shape index (κ1) is 22.2. The van der Waals surface area contributed by atoms with Gasteiger partial charge < -0.3 is 0 Å². The van der Waals surface area contributed by atoms with Gasteiger partial charge in [0.15, 0.2) is 0 Å². The van der Waals surface area contributed by atoms with E-state index >= 15 is 0 Å². The van der Waals surface area contributed by atoms with Gasteiger partial charge in [0.2, 0.25) is 11.8 Å². The summed E-state index contributed by atoms with van der Waals surface area (Å²) in [6.45, 7) is 1.90. The number of anilines is 1. The van der Waals surface area contributed by atoms with E-state index in [9.17, 15) is 18.0 Å². The van der Waals surface area contributed by atoms with Crippen molar-refractivity contribution in [2.45, 2.75) is 24.7 Å². The lowest BCUT2D eigenvalue weighted by atomic mass is 9.79. The molecule has 35 heavy (non-hydrogen) atoms. The number of fused-ring (bicyclic) bond motifs is 4. The monoisotopic (exact) mass is 548 g/mol. The molecular weight excluding hydrogens is 528 g/mol. The van der Waals surface area contributed by atoms with Crippen LogP contribution in [-0.2, 0) is 32.5 Å². The summed E-state index contributed by atoms with van der Waals surface area (Å²) in [5.74, 6) is -1.62. The van der Waals surface area contributed by atoms with Crippen LogP contribution in [0.1, 0.15) is 16.8 Å². The molecule has 176 valence electrons. The van der Waals surface area contributed by atoms with E-state index in [1.54, 1.807) is 54.6 Å². The largest absolute Gasteiger partial charge is 0.274 e. The highest BCUT2D eigenvalue weighted by atomic mass is 79.9. The number of imide groups is 1. The maximum absolute atomic E-state index is 13.9. The van der Waals surface area contributed by atoms with Crippen LogP contribution in [0.4, 0.5) is 5.69 Å². The zero-order chi connectivity index (χ0) is 24.5. The fourth-order valence-corrected chi connectivity index (χ4v) is 7.32. The number of carbonyl (C=O) groups is 2. The molecule has 0 bridgehead atoms. The summed E-state index contributed by atoms with van der Waals surface area (Å²) in [7, 11) is -3.93. The van der Waals surface area contributed by atoms with E-state index in [1.807, 2.05) is 25.1 Å². The Morgan fingerprint density at radius 2 is 1.51 bits per heavy atom. The molecule has 2 atom stereocenters. The Labute approximate surface area is 211 Å². The van der Waals surface area contributed by atoms with E-state index in [0.717, 1.165) is 21.0 Å². The summed E-state index contributed by atoms with van der Waals surface area (Å²) in [5.41, 5.74) is 3.46. The minimum Gasteiger partial charge on any atom is -0.274 e. The zero-order valence-electron chi connectivity index (χ0n) is 18.8. The van der Waals surface area contributed by atoms with Gasteiger partial charge in [-0.2, -0.15) is 0 Å². The molecule has 6 nitrogen and oxygen atoms in total. The van der Waals surface area contributed by atoms with E-state index in [2.05, 4.69) is 15.9 Å². The average Bonchev–Trinajstić information content (AvgIpc) is 3.29. The first-order valence-corrected chi connectivity index (χ1v) is 13.6. The maximum Gasteiger partial charge on any atom is 0.268 e. The second-order valence-corrected chi connectivity index (χ2v) is 11.8. The Morgan fingerprint density at radius 1 is 0.857 bits per heavy atom. The van der Waals surface area contributed by atoms with Crippen molar-refractivity contribution in [3.05, 3.63) is 94.1 Å². The Bertz CT molecular complexity index is 1630. The van der Waals surface area contributed by atoms with Gasteiger partial charge in [0.05, 0.1) is 27.9 Å². The summed E-state index contributed by atoms with van der Waals surface area (Å²) in [6, 6.07) is 21.1. The van der Waals surface area contributed by atoms with Crippen molar-refractivity contribution in [2.75, 3.05) is 4.90 Å². The highest BCUT2D eigenvalue weighted by molar-refractivity contribution is 9.10. The van der Waals surface area contributed by atoms with Crippen LogP contribution in [0.25, 0.3) is 10.9 Å². The summed E-state index contributed by atoms with van der Waals surface area (Å²) < 4.78 is 30.0. The van der Waals surface area contributed by atoms with E-state index in [0.29, 0.717) is 23.3 Å². The van der Waals surface area contributed by atoms with Gasteiger partial charge in [-0.05, 0) is 61.4 Å². The standard InChI is InChI=1S/C27H21BrN2O4S/c1-16-7-10-19(11-8-16)35(33,34)30-24-12-9-17(28)13-20(24)21-14-22-23(15-25(21)30)27(32)29(26(22)31)18-5-3-2-4-6-18/h2-13,22-23H,14-15H2,1H3. The van der Waals surface area contributed by atoms with E-state index in [1.165, 1.54) is 8.87 Å². The number of hydrogen-bond donors (Lipinski definition) is 0. The molecule has 0 saturated carbocycles. The number of halogens is 1. The lowest BCUT2D eigenvalue weighted by Crippen LogP contribution is -2.31. The summed E-state index contributed by atoms with van der Waals surface area (Å²) in [5, 5.41) is 0.780. The molecule has 0 spiro atoms. The molecule has 8 heteroatoms. The molecule has 1 aliphatic heterocycles. The van der Waals surface area contributed by atoms with Gasteiger partial charge in [-0.25, -0.2) is 12.4 Å². The van der Waals surface area contributed by atoms with Gasteiger partial charge in [0.1, 0.15) is 0 Å². The van der Waals surface area contributed by atoms with Crippen LogP contribution in [0.5, 0.6) is 0 Å². The number of nitrogens with zero attached hydrogens (tertiary/aromatic N) is 2. The van der Waals surface area contributed by atoms with Crippen LogP contribution in [0, 0.1) is 18.8 Å². The van der Waals surface area contributed by atoms with E-state index < -0.39 is 21.9 Å². The molecule has 1 aromatic heterocycles. The summed E-state index contributed by atoms with van der Waals surface area (Å²) >= 11 is 3.50. The first-order chi connectivity index (χ1) is 16.8. The number of rotatable bonds is 3. The Balaban J connectivity index is 1.53. The van der Waals surface area contributed by atoms with Gasteiger partial charge in [-0.3, -0.25) is 14.5 Å². The Kier molecular flexibility index (Phi) is 5.02. The van der Waals surface area contributed by atoms with Gasteiger partial charge in [0.25, 0.3) is 10.0 Å². The zero-order valence-corrected chi connectivity index (χ0v) is 21.2. The molecule has 3 aromatic carbocycles. The van der Waals surface area contributed by atoms with Crippen LogP contribution in [0.3, 0.4) is 0 Å². The minimum atomic E-state index is -3.93. The Morgan fingerprint density at radius 3 is 2.20 bits per heavy atom. The molecule has 1 fully saturated rings. The highest BCUT2D eigenvalue weighted by Gasteiger charge is 2.51. The van der Waals surface area contributed by atoms with Crippen LogP contribution in [-0.4, -0.2) is 24.2 Å². The fraction of sp³-hybridized carbons (Fsp3) is 0.185. The average molecular weight is 549 g/mol. The van der Waals surface area contributed by atoms with E-state index in [-0.39, 0.29) is 23.1 Å². The molecule has 1 saturated heterocycles. The highest BCUT2D eigenvalue weighted by Crippen LogP contribution is 2.44. The Hall–Kier alpha value is -3.23. The topological polar surface area (TPSA) is 76.5 Å².